The van der Waals surface area contributed by atoms with Crippen LogP contribution in [0.1, 0.15) is 26.7 Å². The van der Waals surface area contributed by atoms with Crippen LogP contribution in [0, 0.1) is 0 Å². The van der Waals surface area contributed by atoms with Crippen molar-refractivity contribution in [3.8, 4) is 0 Å². The summed E-state index contributed by atoms with van der Waals surface area (Å²) in [7, 11) is -4.67. The van der Waals surface area contributed by atoms with E-state index in [1.807, 2.05) is 0 Å². The van der Waals surface area contributed by atoms with Gasteiger partial charge in [-0.3, -0.25) is 4.79 Å². The van der Waals surface area contributed by atoms with Crippen LogP contribution in [-0.4, -0.2) is 48.3 Å². The Morgan fingerprint density at radius 1 is 1.56 bits per heavy atom. The molecule has 7 heteroatoms. The van der Waals surface area contributed by atoms with Gasteiger partial charge in [-0.05, 0) is 20.3 Å². The van der Waals surface area contributed by atoms with Crippen molar-refractivity contribution >= 4 is 16.1 Å². The van der Waals surface area contributed by atoms with E-state index in [0.717, 1.165) is 0 Å². The third-order valence-corrected chi connectivity index (χ3v) is 4.05. The smallest absolute Gasteiger partial charge is 0.307 e. The predicted octanol–water partition coefficient (Wildman–Crippen LogP) is 0.0476. The number of hydrogen-bond donors (Lipinski definition) is 1. The first-order chi connectivity index (χ1) is 7.18. The van der Waals surface area contributed by atoms with E-state index in [9.17, 15) is 17.1 Å². The van der Waals surface area contributed by atoms with E-state index in [2.05, 4.69) is 0 Å². The standard InChI is InChI=1S/C9H16FNO4S/c1-9(2,3-4-12)11-6-7(5-8(11)13)16(10,14)15/h7,12H,3-6H2,1-2H3. The van der Waals surface area contributed by atoms with E-state index in [4.69, 9.17) is 5.11 Å². The highest BCUT2D eigenvalue weighted by atomic mass is 32.3. The lowest BCUT2D eigenvalue weighted by atomic mass is 9.99. The third kappa shape index (κ3) is 2.70. The van der Waals surface area contributed by atoms with Crippen LogP contribution in [0.3, 0.4) is 0 Å². The van der Waals surface area contributed by atoms with Gasteiger partial charge in [0.2, 0.25) is 5.91 Å². The van der Waals surface area contributed by atoms with Gasteiger partial charge >= 0.3 is 10.2 Å². The predicted molar refractivity (Wildman–Crippen MR) is 55.9 cm³/mol. The first kappa shape index (κ1) is 13.4. The van der Waals surface area contributed by atoms with Crippen molar-refractivity contribution < 1.29 is 22.2 Å². The lowest BCUT2D eigenvalue weighted by Gasteiger charge is -2.35. The average molecular weight is 253 g/mol. The van der Waals surface area contributed by atoms with Crippen LogP contribution in [0.4, 0.5) is 3.89 Å². The van der Waals surface area contributed by atoms with Crippen molar-refractivity contribution in [1.82, 2.24) is 4.90 Å². The number of aliphatic hydroxyl groups excluding tert-OH is 1. The molecule has 0 aromatic carbocycles. The number of nitrogens with zero attached hydrogens (tertiary/aromatic N) is 1. The maximum atomic E-state index is 12.8. The van der Waals surface area contributed by atoms with E-state index in [1.165, 1.54) is 4.90 Å². The highest BCUT2D eigenvalue weighted by Gasteiger charge is 2.43. The summed E-state index contributed by atoms with van der Waals surface area (Å²) >= 11 is 0. The zero-order chi connectivity index (χ0) is 12.6. The summed E-state index contributed by atoms with van der Waals surface area (Å²) in [4.78, 5) is 12.9. The van der Waals surface area contributed by atoms with E-state index in [1.54, 1.807) is 13.8 Å². The zero-order valence-corrected chi connectivity index (χ0v) is 10.1. The normalized spacial score (nSPS) is 22.9. The number of carbonyl (C=O) groups excluding carboxylic acids is 1. The van der Waals surface area contributed by atoms with Gasteiger partial charge in [-0.2, -0.15) is 8.42 Å². The second-order valence-corrected chi connectivity index (χ2v) is 6.21. The minimum Gasteiger partial charge on any atom is -0.396 e. The van der Waals surface area contributed by atoms with Crippen LogP contribution in [0.15, 0.2) is 0 Å². The van der Waals surface area contributed by atoms with Crippen molar-refractivity contribution in [3.63, 3.8) is 0 Å². The molecule has 1 aliphatic heterocycles. The van der Waals surface area contributed by atoms with Crippen LogP contribution in [0.2, 0.25) is 0 Å². The highest BCUT2D eigenvalue weighted by Crippen LogP contribution is 2.28. The maximum Gasteiger partial charge on any atom is 0.307 e. The molecule has 94 valence electrons. The van der Waals surface area contributed by atoms with Crippen LogP contribution in [0.25, 0.3) is 0 Å². The monoisotopic (exact) mass is 253 g/mol. The summed E-state index contributed by atoms with van der Waals surface area (Å²) in [5.41, 5.74) is -0.648. The zero-order valence-electron chi connectivity index (χ0n) is 9.31. The minimum absolute atomic E-state index is 0.107. The fourth-order valence-corrected chi connectivity index (χ4v) is 2.53. The van der Waals surface area contributed by atoms with Crippen molar-refractivity contribution in [2.75, 3.05) is 13.2 Å². The van der Waals surface area contributed by atoms with Gasteiger partial charge in [0.05, 0.1) is 0 Å². The lowest BCUT2D eigenvalue weighted by molar-refractivity contribution is -0.132. The lowest BCUT2D eigenvalue weighted by Crippen LogP contribution is -2.46. The summed E-state index contributed by atoms with van der Waals surface area (Å²) in [6.07, 6.45) is 0.0193. The Balaban J connectivity index is 2.83. The van der Waals surface area contributed by atoms with Crippen LogP contribution < -0.4 is 0 Å². The molecule has 0 bridgehead atoms. The molecular formula is C9H16FNO4S. The molecule has 1 heterocycles. The molecule has 5 nitrogen and oxygen atoms in total. The Hall–Kier alpha value is -0.690. The Kier molecular flexibility index (Phi) is 3.59. The third-order valence-electron chi connectivity index (χ3n) is 2.94. The fraction of sp³-hybridized carbons (Fsp3) is 0.889. The van der Waals surface area contributed by atoms with Crippen LogP contribution in [0.5, 0.6) is 0 Å². The molecule has 1 fully saturated rings. The molecule has 1 unspecified atom stereocenters. The summed E-state index contributed by atoms with van der Waals surface area (Å²) in [5.74, 6) is -0.385. The number of amides is 1. The fourth-order valence-electron chi connectivity index (χ4n) is 1.86. The molecule has 0 spiro atoms. The van der Waals surface area contributed by atoms with Crippen molar-refractivity contribution in [2.24, 2.45) is 0 Å². The quantitative estimate of drug-likeness (QED) is 0.718. The van der Waals surface area contributed by atoms with E-state index in [-0.39, 0.29) is 25.5 Å². The average Bonchev–Trinajstić information content (AvgIpc) is 2.46. The van der Waals surface area contributed by atoms with Crippen LogP contribution in [-0.2, 0) is 15.0 Å². The van der Waals surface area contributed by atoms with Gasteiger partial charge in [0.1, 0.15) is 5.25 Å². The molecular weight excluding hydrogens is 237 g/mol. The van der Waals surface area contributed by atoms with Crippen molar-refractivity contribution in [1.29, 1.82) is 0 Å². The molecule has 0 radical (unpaired) electrons. The molecule has 1 rings (SSSR count). The molecule has 0 aromatic heterocycles. The van der Waals surface area contributed by atoms with Gasteiger partial charge in [0, 0.05) is 25.1 Å². The number of aliphatic hydroxyl groups is 1. The largest absolute Gasteiger partial charge is 0.396 e. The molecule has 1 saturated heterocycles. The molecule has 1 amide bonds. The Morgan fingerprint density at radius 3 is 2.50 bits per heavy atom. The van der Waals surface area contributed by atoms with Gasteiger partial charge in [-0.15, -0.1) is 3.89 Å². The summed E-state index contributed by atoms with van der Waals surface area (Å²) < 4.78 is 34.2. The first-order valence-corrected chi connectivity index (χ1v) is 6.48. The van der Waals surface area contributed by atoms with Gasteiger partial charge in [-0.1, -0.05) is 0 Å². The second kappa shape index (κ2) is 4.29. The van der Waals surface area contributed by atoms with Gasteiger partial charge in [0.25, 0.3) is 0 Å². The summed E-state index contributed by atoms with van der Waals surface area (Å²) in [5, 5.41) is 7.58. The molecule has 1 atom stereocenters. The molecule has 0 aromatic rings. The second-order valence-electron chi connectivity index (χ2n) is 4.59. The van der Waals surface area contributed by atoms with E-state index in [0.29, 0.717) is 6.42 Å². The number of halogens is 1. The van der Waals surface area contributed by atoms with Gasteiger partial charge < -0.3 is 10.0 Å². The molecule has 0 aliphatic carbocycles. The SMILES string of the molecule is CC(C)(CCO)N1CC(S(=O)(=O)F)CC1=O. The molecule has 1 aliphatic rings. The number of carbonyl (C=O) groups is 1. The molecule has 1 N–H and O–H groups in total. The Bertz CT molecular complexity index is 379. The van der Waals surface area contributed by atoms with Gasteiger partial charge in [0.15, 0.2) is 0 Å². The van der Waals surface area contributed by atoms with E-state index < -0.39 is 21.0 Å². The summed E-state index contributed by atoms with van der Waals surface area (Å²) in [6.45, 7) is 3.19. The highest BCUT2D eigenvalue weighted by molar-refractivity contribution is 7.87. The topological polar surface area (TPSA) is 74.7 Å². The maximum absolute atomic E-state index is 12.8. The first-order valence-electron chi connectivity index (χ1n) is 5.03. The van der Waals surface area contributed by atoms with Crippen molar-refractivity contribution in [3.05, 3.63) is 0 Å². The number of rotatable bonds is 4. The number of hydrogen-bond acceptors (Lipinski definition) is 4. The van der Waals surface area contributed by atoms with Crippen molar-refractivity contribution in [2.45, 2.75) is 37.5 Å². The van der Waals surface area contributed by atoms with Gasteiger partial charge in [-0.25, -0.2) is 0 Å². The number of likely N-dealkylation sites (tertiary alicyclic amines) is 1. The Labute approximate surface area is 94.5 Å². The summed E-state index contributed by atoms with van der Waals surface area (Å²) in [6, 6.07) is 0. The molecule has 16 heavy (non-hydrogen) atoms. The molecule has 0 saturated carbocycles. The van der Waals surface area contributed by atoms with Crippen LogP contribution >= 0.6 is 0 Å². The minimum atomic E-state index is -4.67. The van der Waals surface area contributed by atoms with E-state index >= 15 is 0 Å². The Morgan fingerprint density at radius 2 is 2.12 bits per heavy atom.